The number of piperazine rings is 1. The van der Waals surface area contributed by atoms with Crippen molar-refractivity contribution < 1.29 is 9.21 Å². The molecule has 1 aromatic rings. The van der Waals surface area contributed by atoms with Crippen LogP contribution in [-0.2, 0) is 0 Å². The monoisotopic (exact) mass is 194 g/mol. The predicted molar refractivity (Wildman–Crippen MR) is 48.7 cm³/mol. The van der Waals surface area contributed by atoms with E-state index < -0.39 is 0 Å². The maximum atomic E-state index is 11.7. The molecule has 2 rings (SSSR count). The Labute approximate surface area is 82.3 Å². The molecule has 2 heterocycles. The fourth-order valence-electron chi connectivity index (χ4n) is 1.45. The Bertz CT molecular complexity index is 302. The summed E-state index contributed by atoms with van der Waals surface area (Å²) in [5.74, 6) is -0.0666. The molecule has 5 heteroatoms. The molecule has 1 fully saturated rings. The number of likely N-dealkylation sites (N-methyl/N-ethyl adjacent to an activating group) is 1. The van der Waals surface area contributed by atoms with Gasteiger partial charge < -0.3 is 14.2 Å². The van der Waals surface area contributed by atoms with Crippen LogP contribution in [0, 0.1) is 6.39 Å². The zero-order valence-corrected chi connectivity index (χ0v) is 8.06. The first-order valence-corrected chi connectivity index (χ1v) is 4.57. The first-order chi connectivity index (χ1) is 6.77. The highest BCUT2D eigenvalue weighted by Gasteiger charge is 2.21. The summed E-state index contributed by atoms with van der Waals surface area (Å²) in [6, 6.07) is 0. The highest BCUT2D eigenvalue weighted by atomic mass is 16.3. The molecule has 5 nitrogen and oxygen atoms in total. The number of carbonyl (C=O) groups is 1. The number of aromatic nitrogens is 1. The van der Waals surface area contributed by atoms with Crippen LogP contribution in [0.1, 0.15) is 10.5 Å². The summed E-state index contributed by atoms with van der Waals surface area (Å²) in [7, 11) is 2.05. The minimum absolute atomic E-state index is 0.0666. The molecule has 1 aromatic heterocycles. The van der Waals surface area contributed by atoms with Crippen molar-refractivity contribution in [3.05, 3.63) is 18.4 Å². The van der Waals surface area contributed by atoms with Crippen molar-refractivity contribution in [1.82, 2.24) is 14.8 Å². The van der Waals surface area contributed by atoms with E-state index >= 15 is 0 Å². The second kappa shape index (κ2) is 3.79. The standard InChI is InChI=1S/C9H12N3O2/c1-11-2-4-12(5-3-11)9(13)8-6-14-7-10-8/h6H,2-5H2,1H3. The average Bonchev–Trinajstić information content (AvgIpc) is 2.71. The third-order valence-corrected chi connectivity index (χ3v) is 2.40. The van der Waals surface area contributed by atoms with Crippen LogP contribution < -0.4 is 0 Å². The molecule has 14 heavy (non-hydrogen) atoms. The Morgan fingerprint density at radius 1 is 1.50 bits per heavy atom. The summed E-state index contributed by atoms with van der Waals surface area (Å²) in [5.41, 5.74) is 0.342. The second-order valence-corrected chi connectivity index (χ2v) is 3.42. The van der Waals surface area contributed by atoms with Gasteiger partial charge in [0, 0.05) is 26.2 Å². The van der Waals surface area contributed by atoms with Crippen molar-refractivity contribution in [1.29, 1.82) is 0 Å². The van der Waals surface area contributed by atoms with E-state index in [9.17, 15) is 4.79 Å². The highest BCUT2D eigenvalue weighted by molar-refractivity contribution is 5.91. The number of rotatable bonds is 1. The third kappa shape index (κ3) is 1.77. The number of amides is 1. The molecule has 1 radical (unpaired) electrons. The largest absolute Gasteiger partial charge is 0.440 e. The molecule has 0 spiro atoms. The fraction of sp³-hybridized carbons (Fsp3) is 0.556. The minimum Gasteiger partial charge on any atom is -0.440 e. The van der Waals surface area contributed by atoms with Gasteiger partial charge in [-0.25, -0.2) is 0 Å². The van der Waals surface area contributed by atoms with E-state index in [1.807, 2.05) is 7.05 Å². The van der Waals surface area contributed by atoms with Gasteiger partial charge in [-0.1, -0.05) is 0 Å². The topological polar surface area (TPSA) is 49.6 Å². The van der Waals surface area contributed by atoms with E-state index in [0.717, 1.165) is 26.2 Å². The maximum Gasteiger partial charge on any atom is 0.284 e. The SMILES string of the molecule is CN1CCN(C(=O)c2co[c]n2)CC1. The van der Waals surface area contributed by atoms with Crippen molar-refractivity contribution in [3.63, 3.8) is 0 Å². The van der Waals surface area contributed by atoms with Crippen molar-refractivity contribution in [3.8, 4) is 0 Å². The van der Waals surface area contributed by atoms with Gasteiger partial charge in [0.15, 0.2) is 5.69 Å². The van der Waals surface area contributed by atoms with E-state index in [4.69, 9.17) is 0 Å². The van der Waals surface area contributed by atoms with Crippen LogP contribution >= 0.6 is 0 Å². The molecule has 1 amide bonds. The van der Waals surface area contributed by atoms with Crippen molar-refractivity contribution in [2.45, 2.75) is 0 Å². The molecule has 1 aliphatic rings. The van der Waals surface area contributed by atoms with Crippen LogP contribution in [0.15, 0.2) is 10.7 Å². The molecule has 0 atom stereocenters. The molecule has 1 aliphatic heterocycles. The van der Waals surface area contributed by atoms with Gasteiger partial charge >= 0.3 is 0 Å². The van der Waals surface area contributed by atoms with Crippen LogP contribution in [0.25, 0.3) is 0 Å². The molecule has 0 aromatic carbocycles. The predicted octanol–water partition coefficient (Wildman–Crippen LogP) is -0.138. The summed E-state index contributed by atoms with van der Waals surface area (Å²) >= 11 is 0. The van der Waals surface area contributed by atoms with Crippen molar-refractivity contribution in [2.75, 3.05) is 33.2 Å². The van der Waals surface area contributed by atoms with Gasteiger partial charge in [0.2, 0.25) is 0 Å². The van der Waals surface area contributed by atoms with E-state index in [1.165, 1.54) is 6.26 Å². The summed E-state index contributed by atoms with van der Waals surface area (Å²) in [6.45, 7) is 3.32. The lowest BCUT2D eigenvalue weighted by Crippen LogP contribution is -2.47. The van der Waals surface area contributed by atoms with E-state index in [2.05, 4.69) is 20.7 Å². The van der Waals surface area contributed by atoms with Crippen LogP contribution in [0.3, 0.4) is 0 Å². The molecule has 0 N–H and O–H groups in total. The smallest absolute Gasteiger partial charge is 0.284 e. The van der Waals surface area contributed by atoms with E-state index in [0.29, 0.717) is 5.69 Å². The zero-order valence-electron chi connectivity index (χ0n) is 8.06. The molecular formula is C9H12N3O2. The molecule has 0 aliphatic carbocycles. The molecular weight excluding hydrogens is 182 g/mol. The fourth-order valence-corrected chi connectivity index (χ4v) is 1.45. The van der Waals surface area contributed by atoms with Crippen molar-refractivity contribution >= 4 is 5.91 Å². The Hall–Kier alpha value is -1.36. The average molecular weight is 194 g/mol. The van der Waals surface area contributed by atoms with Crippen LogP contribution in [-0.4, -0.2) is 53.9 Å². The molecule has 0 saturated carbocycles. The number of hydrogen-bond acceptors (Lipinski definition) is 4. The quantitative estimate of drug-likeness (QED) is 0.624. The lowest BCUT2D eigenvalue weighted by molar-refractivity contribution is 0.0658. The number of oxazole rings is 1. The zero-order chi connectivity index (χ0) is 9.97. The number of hydrogen-bond donors (Lipinski definition) is 0. The maximum absolute atomic E-state index is 11.7. The van der Waals surface area contributed by atoms with Gasteiger partial charge in [-0.15, -0.1) is 0 Å². The first kappa shape index (κ1) is 9.21. The van der Waals surface area contributed by atoms with Gasteiger partial charge in [-0.3, -0.25) is 4.79 Å². The van der Waals surface area contributed by atoms with Gasteiger partial charge in [-0.2, -0.15) is 4.98 Å². The van der Waals surface area contributed by atoms with Gasteiger partial charge in [0.1, 0.15) is 6.26 Å². The van der Waals surface area contributed by atoms with Crippen LogP contribution in [0.5, 0.6) is 0 Å². The Morgan fingerprint density at radius 3 is 2.79 bits per heavy atom. The Kier molecular flexibility index (Phi) is 2.49. The second-order valence-electron chi connectivity index (χ2n) is 3.42. The highest BCUT2D eigenvalue weighted by Crippen LogP contribution is 2.05. The Morgan fingerprint density at radius 2 is 2.21 bits per heavy atom. The molecule has 1 saturated heterocycles. The minimum atomic E-state index is -0.0666. The molecule has 0 unspecified atom stereocenters. The van der Waals surface area contributed by atoms with Gasteiger partial charge in [-0.05, 0) is 7.05 Å². The number of carbonyl (C=O) groups excluding carboxylic acids is 1. The van der Waals surface area contributed by atoms with Crippen LogP contribution in [0.4, 0.5) is 0 Å². The van der Waals surface area contributed by atoms with Crippen molar-refractivity contribution in [2.24, 2.45) is 0 Å². The van der Waals surface area contributed by atoms with E-state index in [1.54, 1.807) is 4.90 Å². The summed E-state index contributed by atoms with van der Waals surface area (Å²) < 4.78 is 4.65. The normalized spacial score (nSPS) is 18.5. The molecule has 0 bridgehead atoms. The summed E-state index contributed by atoms with van der Waals surface area (Å²) in [5, 5.41) is 0. The van der Waals surface area contributed by atoms with Gasteiger partial charge in [0.05, 0.1) is 0 Å². The third-order valence-electron chi connectivity index (χ3n) is 2.40. The number of nitrogens with zero attached hydrogens (tertiary/aromatic N) is 3. The van der Waals surface area contributed by atoms with Crippen LogP contribution in [0.2, 0.25) is 0 Å². The van der Waals surface area contributed by atoms with E-state index in [-0.39, 0.29) is 5.91 Å². The van der Waals surface area contributed by atoms with Gasteiger partial charge in [0.25, 0.3) is 12.3 Å². The lowest BCUT2D eigenvalue weighted by Gasteiger charge is -2.31. The summed E-state index contributed by atoms with van der Waals surface area (Å²) in [6.07, 6.45) is 3.61. The first-order valence-electron chi connectivity index (χ1n) is 4.57. The Balaban J connectivity index is 1.99. The summed E-state index contributed by atoms with van der Waals surface area (Å²) in [4.78, 5) is 19.4. The molecule has 75 valence electrons. The lowest BCUT2D eigenvalue weighted by atomic mass is 10.3.